The number of methoxy groups -OCH3 is 1. The maximum absolute atomic E-state index is 11.4. The lowest BCUT2D eigenvalue weighted by atomic mass is 10.2. The van der Waals surface area contributed by atoms with Crippen molar-refractivity contribution in [3.8, 4) is 0 Å². The van der Waals surface area contributed by atoms with Crippen LogP contribution in [-0.4, -0.2) is 49.3 Å². The van der Waals surface area contributed by atoms with Crippen LogP contribution in [0.5, 0.6) is 0 Å². The van der Waals surface area contributed by atoms with Gasteiger partial charge in [0.15, 0.2) is 6.04 Å². The molecule has 1 unspecified atom stereocenters. The van der Waals surface area contributed by atoms with Crippen LogP contribution in [0, 0.1) is 0 Å². The molecule has 3 N–H and O–H groups in total. The van der Waals surface area contributed by atoms with Crippen LogP contribution in [0.3, 0.4) is 0 Å². The molecule has 17 heavy (non-hydrogen) atoms. The number of ether oxygens (including phenoxy) is 1. The molecule has 0 aliphatic rings. The minimum Gasteiger partial charge on any atom is -0.480 e. The molecule has 0 aromatic rings. The molecular weight excluding hydrogens is 224 g/mol. The molecule has 100 valence electrons. The largest absolute Gasteiger partial charge is 0.480 e. The Morgan fingerprint density at radius 3 is 2.47 bits per heavy atom. The Labute approximate surface area is 102 Å². The van der Waals surface area contributed by atoms with Gasteiger partial charge in [0.2, 0.25) is 5.91 Å². The van der Waals surface area contributed by atoms with Gasteiger partial charge in [0, 0.05) is 19.6 Å². The van der Waals surface area contributed by atoms with Gasteiger partial charge in [-0.1, -0.05) is 13.8 Å². The minimum absolute atomic E-state index is 0.0225. The molecule has 0 saturated carbocycles. The van der Waals surface area contributed by atoms with Crippen molar-refractivity contribution in [2.24, 2.45) is 0 Å². The third kappa shape index (κ3) is 8.65. The van der Waals surface area contributed by atoms with Crippen molar-refractivity contribution in [3.05, 3.63) is 0 Å². The molecule has 6 nitrogen and oxygen atoms in total. The molecule has 0 bridgehead atoms. The van der Waals surface area contributed by atoms with Crippen LogP contribution in [-0.2, 0) is 14.3 Å². The quantitative estimate of drug-likeness (QED) is 0.498. The second-order valence-electron chi connectivity index (χ2n) is 4.13. The fraction of sp³-hybridized carbons (Fsp3) is 0.818. The summed E-state index contributed by atoms with van der Waals surface area (Å²) >= 11 is 0. The molecule has 0 aliphatic heterocycles. The summed E-state index contributed by atoms with van der Waals surface area (Å²) in [6.07, 6.45) is 0.997. The van der Waals surface area contributed by atoms with Crippen LogP contribution in [0.15, 0.2) is 0 Å². The Hall–Kier alpha value is -1.14. The number of carboxylic acids is 1. The summed E-state index contributed by atoms with van der Waals surface area (Å²) in [4.78, 5) is 22.2. The third-order valence-corrected chi connectivity index (χ3v) is 2.10. The molecule has 1 atom stereocenters. The number of carbonyl (C=O) groups is 2. The zero-order valence-corrected chi connectivity index (χ0v) is 10.7. The first-order valence-electron chi connectivity index (χ1n) is 5.71. The van der Waals surface area contributed by atoms with E-state index in [9.17, 15) is 9.59 Å². The van der Waals surface area contributed by atoms with Gasteiger partial charge in [-0.25, -0.2) is 4.79 Å². The molecule has 1 amide bonds. The fourth-order valence-corrected chi connectivity index (χ4v) is 1.25. The van der Waals surface area contributed by atoms with Crippen LogP contribution >= 0.6 is 0 Å². The molecule has 0 heterocycles. The number of aliphatic carboxylic acids is 1. The molecule has 0 saturated heterocycles. The topological polar surface area (TPSA) is 87.7 Å². The predicted octanol–water partition coefficient (Wildman–Crippen LogP) is -0.0196. The van der Waals surface area contributed by atoms with Crippen LogP contribution < -0.4 is 10.6 Å². The van der Waals surface area contributed by atoms with Gasteiger partial charge in [-0.15, -0.1) is 0 Å². The maximum Gasteiger partial charge on any atom is 0.328 e. The van der Waals surface area contributed by atoms with Gasteiger partial charge >= 0.3 is 5.97 Å². The van der Waals surface area contributed by atoms with E-state index in [1.165, 1.54) is 7.11 Å². The predicted molar refractivity (Wildman–Crippen MR) is 63.8 cm³/mol. The molecule has 0 spiro atoms. The highest BCUT2D eigenvalue weighted by atomic mass is 16.5. The van der Waals surface area contributed by atoms with E-state index in [4.69, 9.17) is 9.84 Å². The summed E-state index contributed by atoms with van der Waals surface area (Å²) in [5.41, 5.74) is 0. The van der Waals surface area contributed by atoms with E-state index in [0.29, 0.717) is 18.9 Å². The molecule has 0 aromatic heterocycles. The average Bonchev–Trinajstić information content (AvgIpc) is 2.23. The van der Waals surface area contributed by atoms with Crippen LogP contribution in [0.4, 0.5) is 0 Å². The highest BCUT2D eigenvalue weighted by Gasteiger charge is 2.18. The van der Waals surface area contributed by atoms with E-state index in [0.717, 1.165) is 6.54 Å². The lowest BCUT2D eigenvalue weighted by Gasteiger charge is -2.13. The van der Waals surface area contributed by atoms with Crippen molar-refractivity contribution in [3.63, 3.8) is 0 Å². The molecular formula is C11H22N2O4. The maximum atomic E-state index is 11.4. The summed E-state index contributed by atoms with van der Waals surface area (Å²) in [5.74, 6) is -1.35. The number of nitrogens with one attached hydrogen (secondary N) is 2. The Balaban J connectivity index is 3.78. The average molecular weight is 246 g/mol. The summed E-state index contributed by atoms with van der Waals surface area (Å²) in [5, 5.41) is 14.4. The first-order chi connectivity index (χ1) is 7.97. The van der Waals surface area contributed by atoms with Crippen molar-refractivity contribution in [1.29, 1.82) is 0 Å². The summed E-state index contributed by atoms with van der Waals surface area (Å²) in [6, 6.07) is -0.580. The summed E-state index contributed by atoms with van der Waals surface area (Å²) < 4.78 is 4.72. The van der Waals surface area contributed by atoms with E-state index in [-0.39, 0.29) is 12.5 Å². The van der Waals surface area contributed by atoms with Crippen molar-refractivity contribution in [2.45, 2.75) is 38.8 Å². The van der Waals surface area contributed by atoms with Crippen molar-refractivity contribution in [1.82, 2.24) is 10.6 Å². The van der Waals surface area contributed by atoms with Gasteiger partial charge in [0.1, 0.15) is 0 Å². The van der Waals surface area contributed by atoms with Gasteiger partial charge in [-0.3, -0.25) is 4.79 Å². The second kappa shape index (κ2) is 8.95. The van der Waals surface area contributed by atoms with E-state index >= 15 is 0 Å². The number of hydrogen-bond donors (Lipinski definition) is 3. The van der Waals surface area contributed by atoms with E-state index in [1.54, 1.807) is 0 Å². The fourth-order valence-electron chi connectivity index (χ4n) is 1.25. The first kappa shape index (κ1) is 15.9. The van der Waals surface area contributed by atoms with Gasteiger partial charge in [0.25, 0.3) is 0 Å². The Morgan fingerprint density at radius 1 is 1.35 bits per heavy atom. The molecule has 0 aromatic carbocycles. The van der Waals surface area contributed by atoms with Gasteiger partial charge in [0.05, 0.1) is 6.61 Å². The molecule has 6 heteroatoms. The molecule has 0 rings (SSSR count). The van der Waals surface area contributed by atoms with E-state index < -0.39 is 12.0 Å². The lowest BCUT2D eigenvalue weighted by Crippen LogP contribution is -2.43. The van der Waals surface area contributed by atoms with Crippen LogP contribution in [0.25, 0.3) is 0 Å². The summed E-state index contributed by atoms with van der Waals surface area (Å²) in [7, 11) is 1.40. The lowest BCUT2D eigenvalue weighted by molar-refractivity contribution is -0.143. The van der Waals surface area contributed by atoms with Gasteiger partial charge in [-0.2, -0.15) is 0 Å². The van der Waals surface area contributed by atoms with Crippen molar-refractivity contribution >= 4 is 11.9 Å². The minimum atomic E-state index is -1.08. The Bertz CT molecular complexity index is 244. The number of carboxylic acid groups (broad SMARTS) is 1. The summed E-state index contributed by atoms with van der Waals surface area (Å²) in [6.45, 7) is 4.77. The standard InChI is InChI=1S/C11H22N2O4/c1-8(2)12-6-4-5-10(14)13-9(7-17-3)11(15)16/h8-9,12H,4-7H2,1-3H3,(H,13,14)(H,15,16). The van der Waals surface area contributed by atoms with Crippen LogP contribution in [0.1, 0.15) is 26.7 Å². The zero-order valence-electron chi connectivity index (χ0n) is 10.7. The zero-order chi connectivity index (χ0) is 13.3. The van der Waals surface area contributed by atoms with E-state index in [1.807, 2.05) is 13.8 Å². The number of rotatable bonds is 9. The monoisotopic (exact) mass is 246 g/mol. The Kier molecular flexibility index (Phi) is 8.35. The number of hydrogen-bond acceptors (Lipinski definition) is 4. The Morgan fingerprint density at radius 2 is 2.00 bits per heavy atom. The second-order valence-corrected chi connectivity index (χ2v) is 4.13. The van der Waals surface area contributed by atoms with Crippen molar-refractivity contribution < 1.29 is 19.4 Å². The molecule has 0 fully saturated rings. The molecule has 0 radical (unpaired) electrons. The SMILES string of the molecule is COCC(NC(=O)CCCNC(C)C)C(=O)O. The van der Waals surface area contributed by atoms with Gasteiger partial charge in [-0.05, 0) is 13.0 Å². The highest BCUT2D eigenvalue weighted by Crippen LogP contribution is 1.92. The number of amides is 1. The highest BCUT2D eigenvalue weighted by molar-refractivity contribution is 5.83. The van der Waals surface area contributed by atoms with Crippen LogP contribution in [0.2, 0.25) is 0 Å². The first-order valence-corrected chi connectivity index (χ1v) is 5.71. The van der Waals surface area contributed by atoms with E-state index in [2.05, 4.69) is 10.6 Å². The smallest absolute Gasteiger partial charge is 0.328 e. The van der Waals surface area contributed by atoms with Gasteiger partial charge < -0.3 is 20.5 Å². The van der Waals surface area contributed by atoms with Crippen molar-refractivity contribution in [2.75, 3.05) is 20.3 Å². The third-order valence-electron chi connectivity index (χ3n) is 2.10. The molecule has 0 aliphatic carbocycles. The number of carbonyl (C=O) groups excluding carboxylic acids is 1. The normalized spacial score (nSPS) is 12.5.